The van der Waals surface area contributed by atoms with Crippen LogP contribution in [0.3, 0.4) is 0 Å². The number of amides is 1. The van der Waals surface area contributed by atoms with Crippen LogP contribution in [0.25, 0.3) is 11.0 Å². The van der Waals surface area contributed by atoms with Crippen LogP contribution >= 0.6 is 0 Å². The Morgan fingerprint density at radius 1 is 1.15 bits per heavy atom. The van der Waals surface area contributed by atoms with E-state index < -0.39 is 0 Å². The minimum absolute atomic E-state index is 0.133. The Kier molecular flexibility index (Phi) is 5.18. The van der Waals surface area contributed by atoms with Crippen molar-refractivity contribution in [2.24, 2.45) is 0 Å². The molecule has 3 rings (SSSR count). The number of aryl methyl sites for hydroxylation is 2. The van der Waals surface area contributed by atoms with Crippen LogP contribution in [0.4, 0.5) is 0 Å². The van der Waals surface area contributed by atoms with Gasteiger partial charge in [-0.2, -0.15) is 5.26 Å². The average Bonchev–Trinajstić information content (AvgIpc) is 2.66. The van der Waals surface area contributed by atoms with Gasteiger partial charge in [0.15, 0.2) is 0 Å². The van der Waals surface area contributed by atoms with Crippen molar-refractivity contribution in [2.45, 2.75) is 26.8 Å². The zero-order valence-electron chi connectivity index (χ0n) is 14.8. The molecule has 0 aliphatic rings. The first-order valence-electron chi connectivity index (χ1n) is 8.38. The maximum Gasteiger partial charge on any atom is 0.254 e. The molecule has 0 aliphatic carbocycles. The van der Waals surface area contributed by atoms with Crippen molar-refractivity contribution in [3.05, 3.63) is 65.2 Å². The lowest BCUT2D eigenvalue weighted by molar-refractivity contribution is 0.0747. The van der Waals surface area contributed by atoms with Crippen LogP contribution in [0.5, 0.6) is 0 Å². The lowest BCUT2D eigenvalue weighted by Crippen LogP contribution is -2.31. The Morgan fingerprint density at radius 3 is 2.62 bits per heavy atom. The topological polar surface area (TPSA) is 82.8 Å². The quantitative estimate of drug-likeness (QED) is 0.709. The molecule has 2 aromatic heterocycles. The highest BCUT2D eigenvalue weighted by atomic mass is 16.2. The molecule has 0 saturated heterocycles. The van der Waals surface area contributed by atoms with Crippen LogP contribution in [0.1, 0.15) is 33.7 Å². The molecule has 1 aromatic carbocycles. The van der Waals surface area contributed by atoms with E-state index in [4.69, 9.17) is 5.26 Å². The standard InChI is InChI=1S/C20H19N5O/c1-14-15(2)24-19-11-17(6-7-18(19)23-14)20(26)25(10-4-8-21)13-16-5-3-9-22-12-16/h3,5-7,9,11-12H,4,10,13H2,1-2H3. The van der Waals surface area contributed by atoms with Crippen molar-refractivity contribution in [2.75, 3.05) is 6.54 Å². The van der Waals surface area contributed by atoms with Crippen LogP contribution in [0.2, 0.25) is 0 Å². The highest BCUT2D eigenvalue weighted by Crippen LogP contribution is 2.17. The normalized spacial score (nSPS) is 10.5. The summed E-state index contributed by atoms with van der Waals surface area (Å²) in [6.45, 7) is 4.59. The summed E-state index contributed by atoms with van der Waals surface area (Å²) < 4.78 is 0. The monoisotopic (exact) mass is 345 g/mol. The summed E-state index contributed by atoms with van der Waals surface area (Å²) in [6, 6.07) is 11.2. The Hall–Kier alpha value is -3.33. The smallest absolute Gasteiger partial charge is 0.254 e. The molecule has 0 fully saturated rings. The number of pyridine rings is 1. The van der Waals surface area contributed by atoms with Crippen molar-refractivity contribution >= 4 is 16.9 Å². The largest absolute Gasteiger partial charge is 0.333 e. The second-order valence-corrected chi connectivity index (χ2v) is 6.09. The molecule has 0 aliphatic heterocycles. The molecule has 6 heteroatoms. The summed E-state index contributed by atoms with van der Waals surface area (Å²) in [5, 5.41) is 8.91. The lowest BCUT2D eigenvalue weighted by atomic mass is 10.1. The van der Waals surface area contributed by atoms with Crippen LogP contribution in [0, 0.1) is 25.2 Å². The zero-order valence-corrected chi connectivity index (χ0v) is 14.8. The average molecular weight is 345 g/mol. The van der Waals surface area contributed by atoms with E-state index in [0.717, 1.165) is 22.5 Å². The first kappa shape index (κ1) is 17.5. The number of nitrogens with zero attached hydrogens (tertiary/aromatic N) is 5. The van der Waals surface area contributed by atoms with Gasteiger partial charge in [-0.1, -0.05) is 6.07 Å². The molecule has 6 nitrogen and oxygen atoms in total. The van der Waals surface area contributed by atoms with E-state index in [1.165, 1.54) is 0 Å². The summed E-state index contributed by atoms with van der Waals surface area (Å²) in [6.07, 6.45) is 3.69. The third kappa shape index (κ3) is 3.83. The maximum absolute atomic E-state index is 13.0. The molecule has 1 amide bonds. The SMILES string of the molecule is Cc1nc2ccc(C(=O)N(CCC#N)Cc3cccnc3)cc2nc1C. The Bertz CT molecular complexity index is 979. The fourth-order valence-corrected chi connectivity index (χ4v) is 2.70. The lowest BCUT2D eigenvalue weighted by Gasteiger charge is -2.22. The number of carbonyl (C=O) groups excluding carboxylic acids is 1. The van der Waals surface area contributed by atoms with Crippen LogP contribution in [-0.4, -0.2) is 32.3 Å². The van der Waals surface area contributed by atoms with Crippen molar-refractivity contribution in [1.82, 2.24) is 19.9 Å². The van der Waals surface area contributed by atoms with Gasteiger partial charge in [-0.05, 0) is 43.7 Å². The molecule has 0 saturated carbocycles. The number of rotatable bonds is 5. The van der Waals surface area contributed by atoms with Gasteiger partial charge < -0.3 is 4.90 Å². The number of hydrogen-bond donors (Lipinski definition) is 0. The second-order valence-electron chi connectivity index (χ2n) is 6.09. The molecule has 26 heavy (non-hydrogen) atoms. The summed E-state index contributed by atoms with van der Waals surface area (Å²) in [7, 11) is 0. The van der Waals surface area contributed by atoms with E-state index in [0.29, 0.717) is 24.2 Å². The number of benzene rings is 1. The molecule has 130 valence electrons. The summed E-state index contributed by atoms with van der Waals surface area (Å²) >= 11 is 0. The van der Waals surface area contributed by atoms with E-state index in [2.05, 4.69) is 21.0 Å². The molecule has 0 N–H and O–H groups in total. The first-order valence-corrected chi connectivity index (χ1v) is 8.38. The highest BCUT2D eigenvalue weighted by molar-refractivity contribution is 5.97. The molecular formula is C20H19N5O. The molecule has 0 unspecified atom stereocenters. The minimum atomic E-state index is -0.133. The van der Waals surface area contributed by atoms with Crippen molar-refractivity contribution in [3.8, 4) is 6.07 Å². The van der Waals surface area contributed by atoms with E-state index in [1.54, 1.807) is 29.4 Å². The van der Waals surface area contributed by atoms with E-state index in [1.807, 2.05) is 32.0 Å². The molecule has 3 aromatic rings. The predicted molar refractivity (Wildman–Crippen MR) is 98.2 cm³/mol. The number of nitriles is 1. The number of hydrogen-bond acceptors (Lipinski definition) is 5. The van der Waals surface area contributed by atoms with Gasteiger partial charge in [0.1, 0.15) is 0 Å². The van der Waals surface area contributed by atoms with Crippen LogP contribution in [0.15, 0.2) is 42.7 Å². The second kappa shape index (κ2) is 7.70. The van der Waals surface area contributed by atoms with Gasteiger partial charge in [-0.3, -0.25) is 9.78 Å². The van der Waals surface area contributed by atoms with Crippen molar-refractivity contribution < 1.29 is 4.79 Å². The third-order valence-corrected chi connectivity index (χ3v) is 4.20. The van der Waals surface area contributed by atoms with Gasteiger partial charge in [0.2, 0.25) is 0 Å². The fraction of sp³-hybridized carbons (Fsp3) is 0.250. The van der Waals surface area contributed by atoms with Gasteiger partial charge >= 0.3 is 0 Å². The van der Waals surface area contributed by atoms with E-state index in [-0.39, 0.29) is 12.3 Å². The van der Waals surface area contributed by atoms with E-state index in [9.17, 15) is 4.79 Å². The molecule has 0 atom stereocenters. The zero-order chi connectivity index (χ0) is 18.5. The van der Waals surface area contributed by atoms with E-state index >= 15 is 0 Å². The van der Waals surface area contributed by atoms with Gasteiger partial charge in [-0.25, -0.2) is 9.97 Å². The first-order chi connectivity index (χ1) is 12.6. The fourth-order valence-electron chi connectivity index (χ4n) is 2.70. The van der Waals surface area contributed by atoms with Crippen molar-refractivity contribution in [3.63, 3.8) is 0 Å². The van der Waals surface area contributed by atoms with Crippen molar-refractivity contribution in [1.29, 1.82) is 5.26 Å². The number of carbonyl (C=O) groups is 1. The number of aromatic nitrogens is 3. The molecular weight excluding hydrogens is 326 g/mol. The summed E-state index contributed by atoms with van der Waals surface area (Å²) in [5.41, 5.74) is 4.64. The third-order valence-electron chi connectivity index (χ3n) is 4.20. The molecule has 2 heterocycles. The summed E-state index contributed by atoms with van der Waals surface area (Å²) in [4.78, 5) is 27.8. The van der Waals surface area contributed by atoms with Gasteiger partial charge in [0, 0.05) is 31.0 Å². The predicted octanol–water partition coefficient (Wildman–Crippen LogP) is 3.20. The van der Waals surface area contributed by atoms with Gasteiger partial charge in [-0.15, -0.1) is 0 Å². The molecule has 0 radical (unpaired) electrons. The van der Waals surface area contributed by atoms with Crippen LogP contribution in [-0.2, 0) is 6.54 Å². The Balaban J connectivity index is 1.91. The highest BCUT2D eigenvalue weighted by Gasteiger charge is 2.17. The Labute approximate surface area is 152 Å². The van der Waals surface area contributed by atoms with Gasteiger partial charge in [0.25, 0.3) is 5.91 Å². The molecule has 0 spiro atoms. The molecule has 0 bridgehead atoms. The Morgan fingerprint density at radius 2 is 1.92 bits per heavy atom. The maximum atomic E-state index is 13.0. The van der Waals surface area contributed by atoms with Crippen LogP contribution < -0.4 is 0 Å². The van der Waals surface area contributed by atoms with Gasteiger partial charge in [0.05, 0.1) is 34.9 Å². The number of fused-ring (bicyclic) bond motifs is 1. The summed E-state index contributed by atoms with van der Waals surface area (Å²) in [5.74, 6) is -0.133. The minimum Gasteiger partial charge on any atom is -0.333 e.